The fraction of sp³-hybridized carbons (Fsp3) is 1.00. The average Bonchev–Trinajstić information content (AvgIpc) is 1.93. The van der Waals surface area contributed by atoms with Gasteiger partial charge in [0.05, 0.1) is 0 Å². The molecule has 1 unspecified atom stereocenters. The van der Waals surface area contributed by atoms with Gasteiger partial charge in [-0.15, -0.1) is 0 Å². The predicted octanol–water partition coefficient (Wildman–Crippen LogP) is 2.42. The van der Waals surface area contributed by atoms with Crippen LogP contribution in [0, 0.1) is 11.8 Å². The van der Waals surface area contributed by atoms with E-state index in [9.17, 15) is 0 Å². The number of rotatable bonds is 5. The highest BCUT2D eigenvalue weighted by Crippen LogP contribution is 2.24. The third kappa shape index (κ3) is 2.48. The minimum atomic E-state index is 1.01. The van der Waals surface area contributed by atoms with E-state index < -0.39 is 0 Å². The second-order valence-electron chi connectivity index (χ2n) is 3.73. The van der Waals surface area contributed by atoms with E-state index in [1.807, 2.05) is 0 Å². The van der Waals surface area contributed by atoms with Crippen molar-refractivity contribution >= 4 is 0 Å². The van der Waals surface area contributed by atoms with Gasteiger partial charge < -0.3 is 5.32 Å². The number of unbranched alkanes of at least 4 members (excludes halogenated alkanes) is 1. The van der Waals surface area contributed by atoms with Crippen LogP contribution in [0.1, 0.15) is 39.5 Å². The largest absolute Gasteiger partial charge is 0.316 e. The van der Waals surface area contributed by atoms with Gasteiger partial charge in [0.25, 0.3) is 0 Å². The minimum Gasteiger partial charge on any atom is -0.316 e. The van der Waals surface area contributed by atoms with Crippen molar-refractivity contribution in [2.45, 2.75) is 39.5 Å². The number of nitrogens with one attached hydrogen (secondary N) is 1. The fourth-order valence-corrected chi connectivity index (χ4v) is 1.88. The normalized spacial score (nSPS) is 21.3. The third-order valence-electron chi connectivity index (χ3n) is 2.93. The van der Waals surface area contributed by atoms with Crippen LogP contribution in [0.25, 0.3) is 0 Å². The van der Waals surface area contributed by atoms with Crippen molar-refractivity contribution in [1.29, 1.82) is 0 Å². The summed E-state index contributed by atoms with van der Waals surface area (Å²) in [6.45, 7) is 7.18. The van der Waals surface area contributed by atoms with E-state index in [2.05, 4.69) is 19.2 Å². The Bertz CT molecular complexity index is 97.0. The van der Waals surface area contributed by atoms with Gasteiger partial charge >= 0.3 is 0 Å². The Morgan fingerprint density at radius 2 is 2.09 bits per heavy atom. The molecular weight excluding hydrogens is 134 g/mol. The number of hydrogen-bond donors (Lipinski definition) is 1. The Hall–Kier alpha value is -0.0400. The summed E-state index contributed by atoms with van der Waals surface area (Å²) in [6, 6.07) is 0. The van der Waals surface area contributed by atoms with E-state index in [-0.39, 0.29) is 0 Å². The lowest BCUT2D eigenvalue weighted by molar-refractivity contribution is 0.213. The molecule has 1 aliphatic heterocycles. The van der Waals surface area contributed by atoms with Crippen LogP contribution in [0.5, 0.6) is 0 Å². The maximum atomic E-state index is 3.35. The van der Waals surface area contributed by atoms with E-state index in [0.29, 0.717) is 0 Å². The van der Waals surface area contributed by atoms with Crippen LogP contribution in [-0.2, 0) is 0 Å². The van der Waals surface area contributed by atoms with Crippen molar-refractivity contribution in [2.24, 2.45) is 11.8 Å². The molecule has 0 radical (unpaired) electrons. The van der Waals surface area contributed by atoms with Crippen LogP contribution >= 0.6 is 0 Å². The van der Waals surface area contributed by atoms with Gasteiger partial charge in [-0.25, -0.2) is 0 Å². The molecule has 1 heteroatoms. The SMILES string of the molecule is CCCCC(CC)C1CNC1. The van der Waals surface area contributed by atoms with Crippen LogP contribution < -0.4 is 5.32 Å². The quantitative estimate of drug-likeness (QED) is 0.643. The zero-order valence-corrected chi connectivity index (χ0v) is 7.90. The summed E-state index contributed by atoms with van der Waals surface area (Å²) in [5, 5.41) is 3.35. The van der Waals surface area contributed by atoms with Crippen molar-refractivity contribution in [1.82, 2.24) is 5.32 Å². The van der Waals surface area contributed by atoms with Crippen LogP contribution in [0.4, 0.5) is 0 Å². The van der Waals surface area contributed by atoms with Crippen LogP contribution in [-0.4, -0.2) is 13.1 Å². The lowest BCUT2D eigenvalue weighted by Gasteiger charge is -2.34. The fourth-order valence-electron chi connectivity index (χ4n) is 1.88. The summed E-state index contributed by atoms with van der Waals surface area (Å²) in [7, 11) is 0. The average molecular weight is 155 g/mol. The topological polar surface area (TPSA) is 12.0 Å². The summed E-state index contributed by atoms with van der Waals surface area (Å²) in [5.74, 6) is 2.02. The molecule has 1 heterocycles. The highest BCUT2D eigenvalue weighted by Gasteiger charge is 2.24. The first-order valence-corrected chi connectivity index (χ1v) is 5.09. The molecule has 0 aliphatic carbocycles. The van der Waals surface area contributed by atoms with Crippen molar-refractivity contribution in [2.75, 3.05) is 13.1 Å². The van der Waals surface area contributed by atoms with E-state index >= 15 is 0 Å². The van der Waals surface area contributed by atoms with E-state index in [4.69, 9.17) is 0 Å². The van der Waals surface area contributed by atoms with Crippen molar-refractivity contribution < 1.29 is 0 Å². The van der Waals surface area contributed by atoms with Gasteiger partial charge in [0.2, 0.25) is 0 Å². The molecule has 1 nitrogen and oxygen atoms in total. The molecule has 1 N–H and O–H groups in total. The minimum absolute atomic E-state index is 1.01. The Balaban J connectivity index is 2.13. The van der Waals surface area contributed by atoms with Gasteiger partial charge in [0, 0.05) is 0 Å². The van der Waals surface area contributed by atoms with E-state index in [0.717, 1.165) is 11.8 Å². The van der Waals surface area contributed by atoms with Crippen molar-refractivity contribution in [3.8, 4) is 0 Å². The maximum absolute atomic E-state index is 3.35. The smallest absolute Gasteiger partial charge is 0.000560 e. The Morgan fingerprint density at radius 3 is 2.45 bits per heavy atom. The van der Waals surface area contributed by atoms with Crippen LogP contribution in [0.3, 0.4) is 0 Å². The second-order valence-corrected chi connectivity index (χ2v) is 3.73. The van der Waals surface area contributed by atoms with Crippen LogP contribution in [0.2, 0.25) is 0 Å². The molecule has 0 aromatic heterocycles. The summed E-state index contributed by atoms with van der Waals surface area (Å²) >= 11 is 0. The summed E-state index contributed by atoms with van der Waals surface area (Å²) in [5.41, 5.74) is 0. The molecule has 1 aliphatic rings. The third-order valence-corrected chi connectivity index (χ3v) is 2.93. The highest BCUT2D eigenvalue weighted by molar-refractivity contribution is 4.80. The molecule has 1 atom stereocenters. The molecule has 1 saturated heterocycles. The van der Waals surface area contributed by atoms with Gasteiger partial charge in [-0.2, -0.15) is 0 Å². The lowest BCUT2D eigenvalue weighted by Crippen LogP contribution is -2.46. The van der Waals surface area contributed by atoms with E-state index in [1.165, 1.54) is 38.8 Å². The summed E-state index contributed by atoms with van der Waals surface area (Å²) in [4.78, 5) is 0. The standard InChI is InChI=1S/C10H21N/c1-3-5-6-9(4-2)10-7-11-8-10/h9-11H,3-8H2,1-2H3. The molecule has 11 heavy (non-hydrogen) atoms. The van der Waals surface area contributed by atoms with Gasteiger partial charge in [-0.05, 0) is 24.9 Å². The summed E-state index contributed by atoms with van der Waals surface area (Å²) in [6.07, 6.45) is 5.62. The van der Waals surface area contributed by atoms with Crippen molar-refractivity contribution in [3.05, 3.63) is 0 Å². The van der Waals surface area contributed by atoms with Gasteiger partial charge in [0.1, 0.15) is 0 Å². The molecule has 1 fully saturated rings. The zero-order valence-electron chi connectivity index (χ0n) is 7.90. The van der Waals surface area contributed by atoms with Gasteiger partial charge in [0.15, 0.2) is 0 Å². The van der Waals surface area contributed by atoms with Crippen molar-refractivity contribution in [3.63, 3.8) is 0 Å². The van der Waals surface area contributed by atoms with Crippen LogP contribution in [0.15, 0.2) is 0 Å². The first kappa shape index (κ1) is 9.05. The second kappa shape index (κ2) is 4.76. The van der Waals surface area contributed by atoms with E-state index in [1.54, 1.807) is 0 Å². The molecular formula is C10H21N. The monoisotopic (exact) mass is 155 g/mol. The molecule has 1 rings (SSSR count). The molecule has 0 spiro atoms. The number of hydrogen-bond acceptors (Lipinski definition) is 1. The lowest BCUT2D eigenvalue weighted by atomic mass is 9.82. The molecule has 0 aromatic carbocycles. The van der Waals surface area contributed by atoms with Gasteiger partial charge in [-0.3, -0.25) is 0 Å². The molecule has 0 bridgehead atoms. The summed E-state index contributed by atoms with van der Waals surface area (Å²) < 4.78 is 0. The molecule has 0 amide bonds. The maximum Gasteiger partial charge on any atom is -0.000560 e. The van der Waals surface area contributed by atoms with Gasteiger partial charge in [-0.1, -0.05) is 39.5 Å². The highest BCUT2D eigenvalue weighted by atomic mass is 14.9. The molecule has 0 aromatic rings. The molecule has 66 valence electrons. The first-order chi connectivity index (χ1) is 5.38. The Kier molecular flexibility index (Phi) is 3.92. The Labute approximate surface area is 70.6 Å². The molecule has 0 saturated carbocycles. The predicted molar refractivity (Wildman–Crippen MR) is 49.7 cm³/mol. The first-order valence-electron chi connectivity index (χ1n) is 5.09. The Morgan fingerprint density at radius 1 is 1.36 bits per heavy atom. The zero-order chi connectivity index (χ0) is 8.10.